The van der Waals surface area contributed by atoms with E-state index in [9.17, 15) is 14.4 Å². The quantitative estimate of drug-likeness (QED) is 0.0734. The minimum Gasteiger partial charge on any atom is -0.445 e. The fourth-order valence-corrected chi connectivity index (χ4v) is 4.56. The summed E-state index contributed by atoms with van der Waals surface area (Å²) in [6.07, 6.45) is 17.6. The Morgan fingerprint density at radius 2 is 0.892 bits per heavy atom. The number of Topliss-reactive ketones (excluding diaryl/α,β-unsaturated/α-hetero) is 2. The van der Waals surface area contributed by atoms with E-state index in [-0.39, 0.29) is 6.42 Å². The van der Waals surface area contributed by atoms with Crippen molar-refractivity contribution in [2.75, 3.05) is 0 Å². The molecule has 0 spiro atoms. The van der Waals surface area contributed by atoms with Crippen LogP contribution in [0.4, 0.5) is 0 Å². The molecular formula is C33H46O4. The Morgan fingerprint density at radius 3 is 1.27 bits per heavy atom. The minimum atomic E-state index is -1.45. The average Bonchev–Trinajstić information content (AvgIpc) is 2.94. The third kappa shape index (κ3) is 12.9. The summed E-state index contributed by atoms with van der Waals surface area (Å²) in [5.74, 6) is -1.47. The van der Waals surface area contributed by atoms with Crippen LogP contribution >= 0.6 is 0 Å². The number of esters is 1. The maximum atomic E-state index is 13.0. The van der Waals surface area contributed by atoms with E-state index in [2.05, 4.69) is 6.92 Å². The molecule has 0 unspecified atom stereocenters. The molecule has 202 valence electrons. The van der Waals surface area contributed by atoms with Crippen LogP contribution in [-0.2, 0) is 9.53 Å². The number of ketones is 2. The first kappa shape index (κ1) is 30.5. The van der Waals surface area contributed by atoms with E-state index in [1.54, 1.807) is 60.7 Å². The van der Waals surface area contributed by atoms with E-state index in [4.69, 9.17) is 4.74 Å². The first-order valence-corrected chi connectivity index (χ1v) is 14.5. The lowest BCUT2D eigenvalue weighted by Crippen LogP contribution is -2.35. The molecular weight excluding hydrogens is 460 g/mol. The Kier molecular flexibility index (Phi) is 16.0. The van der Waals surface area contributed by atoms with E-state index in [1.165, 1.54) is 77.0 Å². The van der Waals surface area contributed by atoms with Gasteiger partial charge in [-0.25, -0.2) is 0 Å². The van der Waals surface area contributed by atoms with Crippen molar-refractivity contribution < 1.29 is 19.1 Å². The summed E-state index contributed by atoms with van der Waals surface area (Å²) in [6, 6.07) is 17.1. The van der Waals surface area contributed by atoms with Gasteiger partial charge in [0, 0.05) is 17.5 Å². The van der Waals surface area contributed by atoms with E-state index in [1.807, 2.05) is 0 Å². The molecule has 0 aliphatic rings. The number of ether oxygens (including phenoxy) is 1. The van der Waals surface area contributed by atoms with Crippen LogP contribution in [0.5, 0.6) is 0 Å². The summed E-state index contributed by atoms with van der Waals surface area (Å²) in [5.41, 5.74) is 0.716. The zero-order valence-corrected chi connectivity index (χ0v) is 22.8. The van der Waals surface area contributed by atoms with Crippen molar-refractivity contribution in [3.8, 4) is 0 Å². The zero-order valence-electron chi connectivity index (χ0n) is 22.8. The van der Waals surface area contributed by atoms with Gasteiger partial charge in [-0.2, -0.15) is 0 Å². The van der Waals surface area contributed by atoms with Crippen LogP contribution in [0.2, 0.25) is 0 Å². The van der Waals surface area contributed by atoms with Gasteiger partial charge < -0.3 is 4.74 Å². The second-order valence-corrected chi connectivity index (χ2v) is 10.0. The van der Waals surface area contributed by atoms with Crippen LogP contribution in [0.3, 0.4) is 0 Å². The fraction of sp³-hybridized carbons (Fsp3) is 0.545. The summed E-state index contributed by atoms with van der Waals surface area (Å²) in [6.45, 7) is 2.26. The zero-order chi connectivity index (χ0) is 26.6. The van der Waals surface area contributed by atoms with Gasteiger partial charge in [0.2, 0.25) is 17.7 Å². The molecule has 0 aromatic heterocycles. The molecule has 0 bridgehead atoms. The van der Waals surface area contributed by atoms with Gasteiger partial charge in [-0.15, -0.1) is 0 Å². The fourth-order valence-electron chi connectivity index (χ4n) is 4.56. The van der Waals surface area contributed by atoms with Crippen LogP contribution in [0, 0.1) is 0 Å². The Balaban J connectivity index is 1.62. The lowest BCUT2D eigenvalue weighted by molar-refractivity contribution is -0.145. The van der Waals surface area contributed by atoms with Gasteiger partial charge >= 0.3 is 5.97 Å². The molecule has 2 aromatic rings. The number of hydrogen-bond donors (Lipinski definition) is 0. The third-order valence-electron chi connectivity index (χ3n) is 6.83. The van der Waals surface area contributed by atoms with Crippen molar-refractivity contribution in [2.24, 2.45) is 0 Å². The average molecular weight is 507 g/mol. The van der Waals surface area contributed by atoms with Gasteiger partial charge in [0.25, 0.3) is 0 Å². The molecule has 4 nitrogen and oxygen atoms in total. The number of benzene rings is 2. The first-order chi connectivity index (χ1) is 18.1. The third-order valence-corrected chi connectivity index (χ3v) is 6.83. The number of hydrogen-bond acceptors (Lipinski definition) is 4. The Morgan fingerprint density at radius 1 is 0.541 bits per heavy atom. The molecule has 0 aliphatic carbocycles. The molecule has 37 heavy (non-hydrogen) atoms. The molecule has 4 heteroatoms. The van der Waals surface area contributed by atoms with Crippen LogP contribution in [0.25, 0.3) is 0 Å². The highest BCUT2D eigenvalue weighted by atomic mass is 16.5. The lowest BCUT2D eigenvalue weighted by Gasteiger charge is -2.16. The molecule has 0 fully saturated rings. The van der Waals surface area contributed by atoms with Crippen LogP contribution in [0.15, 0.2) is 60.7 Å². The van der Waals surface area contributed by atoms with Gasteiger partial charge in [0.1, 0.15) is 0 Å². The minimum absolute atomic E-state index is 0.221. The predicted molar refractivity (Wildman–Crippen MR) is 151 cm³/mol. The molecule has 0 aliphatic heterocycles. The maximum Gasteiger partial charge on any atom is 0.306 e. The largest absolute Gasteiger partial charge is 0.445 e. The highest BCUT2D eigenvalue weighted by Crippen LogP contribution is 2.16. The van der Waals surface area contributed by atoms with Crippen molar-refractivity contribution in [2.45, 2.75) is 116 Å². The summed E-state index contributed by atoms with van der Waals surface area (Å²) in [5, 5.41) is 0. The number of carbonyl (C=O) groups excluding carboxylic acids is 3. The van der Waals surface area contributed by atoms with Crippen molar-refractivity contribution in [1.29, 1.82) is 0 Å². The summed E-state index contributed by atoms with van der Waals surface area (Å²) < 4.78 is 5.46. The Hall–Kier alpha value is -2.75. The van der Waals surface area contributed by atoms with Crippen molar-refractivity contribution in [3.63, 3.8) is 0 Å². The first-order valence-electron chi connectivity index (χ1n) is 14.5. The van der Waals surface area contributed by atoms with Gasteiger partial charge in [0.15, 0.2) is 0 Å². The highest BCUT2D eigenvalue weighted by molar-refractivity contribution is 6.19. The van der Waals surface area contributed by atoms with Crippen LogP contribution in [0.1, 0.15) is 130 Å². The van der Waals surface area contributed by atoms with Gasteiger partial charge in [-0.1, -0.05) is 157 Å². The van der Waals surface area contributed by atoms with E-state index < -0.39 is 23.6 Å². The normalized spacial score (nSPS) is 11.0. The molecule has 2 rings (SSSR count). The van der Waals surface area contributed by atoms with Gasteiger partial charge in [-0.05, 0) is 6.42 Å². The van der Waals surface area contributed by atoms with Crippen LogP contribution in [-0.4, -0.2) is 23.6 Å². The van der Waals surface area contributed by atoms with E-state index in [0.717, 1.165) is 12.8 Å². The Bertz CT molecular complexity index is 840. The molecule has 0 saturated carbocycles. The number of carbonyl (C=O) groups is 3. The molecule has 0 radical (unpaired) electrons. The smallest absolute Gasteiger partial charge is 0.306 e. The van der Waals surface area contributed by atoms with Gasteiger partial charge in [-0.3, -0.25) is 14.4 Å². The molecule has 2 aromatic carbocycles. The van der Waals surface area contributed by atoms with E-state index >= 15 is 0 Å². The van der Waals surface area contributed by atoms with Crippen molar-refractivity contribution >= 4 is 17.5 Å². The second kappa shape index (κ2) is 19.4. The monoisotopic (exact) mass is 506 g/mol. The van der Waals surface area contributed by atoms with Crippen molar-refractivity contribution in [3.05, 3.63) is 71.8 Å². The van der Waals surface area contributed by atoms with E-state index in [0.29, 0.717) is 17.5 Å². The molecule has 0 amide bonds. The van der Waals surface area contributed by atoms with Crippen LogP contribution < -0.4 is 0 Å². The summed E-state index contributed by atoms with van der Waals surface area (Å²) >= 11 is 0. The molecule has 0 heterocycles. The second-order valence-electron chi connectivity index (χ2n) is 10.0. The molecule has 0 atom stereocenters. The Labute approximate surface area is 224 Å². The topological polar surface area (TPSA) is 60.4 Å². The number of unbranched alkanes of at least 4 members (excludes halogenated alkanes) is 14. The van der Waals surface area contributed by atoms with Crippen molar-refractivity contribution in [1.82, 2.24) is 0 Å². The SMILES string of the molecule is CCCCCCCCCCCCCCCCCC(=O)OC(C(=O)c1ccccc1)C(=O)c1ccccc1. The predicted octanol–water partition coefficient (Wildman–Crippen LogP) is 8.93. The highest BCUT2D eigenvalue weighted by Gasteiger charge is 2.32. The summed E-state index contributed by atoms with van der Waals surface area (Å²) in [4.78, 5) is 38.6. The standard InChI is InChI=1S/C33H46O4/c1-2-3-4-5-6-7-8-9-10-11-12-13-14-15-22-27-30(34)37-33(31(35)28-23-18-16-19-24-28)32(36)29-25-20-17-21-26-29/h16-21,23-26,33H,2-15,22,27H2,1H3. The van der Waals surface area contributed by atoms with Gasteiger partial charge in [0.05, 0.1) is 0 Å². The lowest BCUT2D eigenvalue weighted by atomic mass is 9.98. The summed E-state index contributed by atoms with van der Waals surface area (Å²) in [7, 11) is 0. The number of rotatable bonds is 21. The molecule has 0 saturated heterocycles. The maximum absolute atomic E-state index is 13.0. The molecule has 0 N–H and O–H groups in total.